The molecular formula is C13H16F2INO. The summed E-state index contributed by atoms with van der Waals surface area (Å²) in [5.41, 5.74) is -0.234. The van der Waals surface area contributed by atoms with E-state index in [0.29, 0.717) is 6.54 Å². The van der Waals surface area contributed by atoms with Crippen LogP contribution in [0.4, 0.5) is 8.78 Å². The topological polar surface area (TPSA) is 29.1 Å². The van der Waals surface area contributed by atoms with Crippen molar-refractivity contribution < 1.29 is 13.6 Å². The minimum absolute atomic E-state index is 0.234. The molecule has 100 valence electrons. The van der Waals surface area contributed by atoms with Crippen molar-refractivity contribution in [2.24, 2.45) is 0 Å². The molecule has 0 unspecified atom stereocenters. The molecule has 0 heterocycles. The highest BCUT2D eigenvalue weighted by Crippen LogP contribution is 2.09. The maximum atomic E-state index is 13.3. The molecular weight excluding hydrogens is 351 g/mol. The first-order chi connectivity index (χ1) is 8.65. The summed E-state index contributed by atoms with van der Waals surface area (Å²) in [5, 5.41) is 2.60. The van der Waals surface area contributed by atoms with Gasteiger partial charge in [0.2, 0.25) is 0 Å². The molecule has 0 fully saturated rings. The van der Waals surface area contributed by atoms with Crippen LogP contribution in [0, 0.1) is 11.6 Å². The molecule has 1 aromatic rings. The van der Waals surface area contributed by atoms with Crippen LogP contribution in [-0.4, -0.2) is 16.9 Å². The summed E-state index contributed by atoms with van der Waals surface area (Å²) in [6.45, 7) is 0.496. The lowest BCUT2D eigenvalue weighted by molar-refractivity contribution is 0.0948. The Morgan fingerprint density at radius 1 is 1.17 bits per heavy atom. The number of unbranched alkanes of at least 4 members (excludes halogenated alkanes) is 3. The Hall–Kier alpha value is -0.720. The van der Waals surface area contributed by atoms with E-state index in [9.17, 15) is 13.6 Å². The Bertz CT molecular complexity index is 399. The molecule has 1 aromatic carbocycles. The minimum Gasteiger partial charge on any atom is -0.352 e. The maximum Gasteiger partial charge on any atom is 0.254 e. The highest BCUT2D eigenvalue weighted by molar-refractivity contribution is 14.1. The predicted octanol–water partition coefficient (Wildman–Crippen LogP) is 3.69. The number of benzene rings is 1. The molecule has 0 atom stereocenters. The van der Waals surface area contributed by atoms with Gasteiger partial charge >= 0.3 is 0 Å². The average molecular weight is 367 g/mol. The Labute approximate surface area is 119 Å². The van der Waals surface area contributed by atoms with Gasteiger partial charge in [0.1, 0.15) is 11.6 Å². The van der Waals surface area contributed by atoms with Crippen molar-refractivity contribution in [2.75, 3.05) is 11.0 Å². The second-order valence-corrected chi connectivity index (χ2v) is 5.06. The highest BCUT2D eigenvalue weighted by atomic mass is 127. The van der Waals surface area contributed by atoms with Crippen molar-refractivity contribution >= 4 is 28.5 Å². The van der Waals surface area contributed by atoms with Crippen molar-refractivity contribution in [1.82, 2.24) is 5.32 Å². The summed E-state index contributed by atoms with van der Waals surface area (Å²) in [4.78, 5) is 11.6. The van der Waals surface area contributed by atoms with Gasteiger partial charge in [-0.15, -0.1) is 0 Å². The third-order valence-electron chi connectivity index (χ3n) is 2.52. The van der Waals surface area contributed by atoms with Gasteiger partial charge in [-0.1, -0.05) is 35.4 Å². The molecule has 0 aromatic heterocycles. The van der Waals surface area contributed by atoms with Gasteiger partial charge in [0.15, 0.2) is 0 Å². The standard InChI is InChI=1S/C13H16F2INO/c14-10-5-6-12(15)11(9-10)13(18)17-8-4-2-1-3-7-16/h5-6,9H,1-4,7-8H2,(H,17,18). The first kappa shape index (κ1) is 15.3. The van der Waals surface area contributed by atoms with E-state index >= 15 is 0 Å². The van der Waals surface area contributed by atoms with Crippen molar-refractivity contribution in [1.29, 1.82) is 0 Å². The lowest BCUT2D eigenvalue weighted by Crippen LogP contribution is -2.25. The van der Waals surface area contributed by atoms with Crippen LogP contribution in [0.25, 0.3) is 0 Å². The molecule has 0 radical (unpaired) electrons. The zero-order valence-electron chi connectivity index (χ0n) is 10.0. The van der Waals surface area contributed by atoms with E-state index in [-0.39, 0.29) is 5.56 Å². The first-order valence-electron chi connectivity index (χ1n) is 5.94. The van der Waals surface area contributed by atoms with Crippen molar-refractivity contribution in [3.63, 3.8) is 0 Å². The Kier molecular flexibility index (Phi) is 7.15. The van der Waals surface area contributed by atoms with Crippen LogP contribution in [-0.2, 0) is 0 Å². The lowest BCUT2D eigenvalue weighted by atomic mass is 10.1. The predicted molar refractivity (Wildman–Crippen MR) is 76.0 cm³/mol. The van der Waals surface area contributed by atoms with Crippen molar-refractivity contribution in [3.8, 4) is 0 Å². The fraction of sp³-hybridized carbons (Fsp3) is 0.462. The number of carbonyl (C=O) groups is 1. The second-order valence-electron chi connectivity index (χ2n) is 3.98. The number of rotatable bonds is 7. The molecule has 18 heavy (non-hydrogen) atoms. The van der Waals surface area contributed by atoms with Crippen LogP contribution < -0.4 is 5.32 Å². The van der Waals surface area contributed by atoms with Gasteiger partial charge in [0, 0.05) is 6.54 Å². The lowest BCUT2D eigenvalue weighted by Gasteiger charge is -2.06. The summed E-state index contributed by atoms with van der Waals surface area (Å²) in [6.07, 6.45) is 4.20. The molecule has 0 spiro atoms. The van der Waals surface area contributed by atoms with E-state index in [2.05, 4.69) is 27.9 Å². The Balaban J connectivity index is 2.34. The van der Waals surface area contributed by atoms with Gasteiger partial charge < -0.3 is 5.32 Å². The number of alkyl halides is 1. The molecule has 0 aliphatic carbocycles. The van der Waals surface area contributed by atoms with Crippen LogP contribution in [0.1, 0.15) is 36.0 Å². The highest BCUT2D eigenvalue weighted by Gasteiger charge is 2.11. The zero-order valence-corrected chi connectivity index (χ0v) is 12.2. The average Bonchev–Trinajstić information content (AvgIpc) is 2.36. The third-order valence-corrected chi connectivity index (χ3v) is 3.28. The second kappa shape index (κ2) is 8.39. The van der Waals surface area contributed by atoms with E-state index in [1.54, 1.807) is 0 Å². The summed E-state index contributed by atoms with van der Waals surface area (Å²) in [5.74, 6) is -1.86. The van der Waals surface area contributed by atoms with Crippen LogP contribution in [0.5, 0.6) is 0 Å². The molecule has 1 amide bonds. The quantitative estimate of drug-likeness (QED) is 0.445. The van der Waals surface area contributed by atoms with Gasteiger partial charge in [-0.2, -0.15) is 0 Å². The number of amides is 1. The van der Waals surface area contributed by atoms with Gasteiger partial charge in [-0.25, -0.2) is 8.78 Å². The SMILES string of the molecule is O=C(NCCCCCCI)c1cc(F)ccc1F. The number of hydrogen-bond donors (Lipinski definition) is 1. The molecule has 0 bridgehead atoms. The monoisotopic (exact) mass is 367 g/mol. The van der Waals surface area contributed by atoms with E-state index in [4.69, 9.17) is 0 Å². The summed E-state index contributed by atoms with van der Waals surface area (Å²) >= 11 is 2.33. The molecule has 0 aliphatic rings. The summed E-state index contributed by atoms with van der Waals surface area (Å²) in [6, 6.07) is 2.88. The van der Waals surface area contributed by atoms with E-state index in [1.165, 1.54) is 6.42 Å². The minimum atomic E-state index is -0.696. The van der Waals surface area contributed by atoms with Crippen LogP contribution in [0.3, 0.4) is 0 Å². The first-order valence-corrected chi connectivity index (χ1v) is 7.47. The largest absolute Gasteiger partial charge is 0.352 e. The van der Waals surface area contributed by atoms with Gasteiger partial charge in [0.25, 0.3) is 5.91 Å². The van der Waals surface area contributed by atoms with Crippen LogP contribution in [0.15, 0.2) is 18.2 Å². The molecule has 0 saturated heterocycles. The van der Waals surface area contributed by atoms with E-state index in [0.717, 1.165) is 41.9 Å². The number of halogens is 3. The fourth-order valence-electron chi connectivity index (χ4n) is 1.54. The molecule has 0 saturated carbocycles. The van der Waals surface area contributed by atoms with Crippen LogP contribution >= 0.6 is 22.6 Å². The molecule has 2 nitrogen and oxygen atoms in total. The Morgan fingerprint density at radius 2 is 1.89 bits per heavy atom. The van der Waals surface area contributed by atoms with Gasteiger partial charge in [0.05, 0.1) is 5.56 Å². The number of nitrogens with one attached hydrogen (secondary N) is 1. The number of hydrogen-bond acceptors (Lipinski definition) is 1. The van der Waals surface area contributed by atoms with Crippen LogP contribution in [0.2, 0.25) is 0 Å². The van der Waals surface area contributed by atoms with E-state index < -0.39 is 17.5 Å². The molecule has 1 rings (SSSR count). The van der Waals surface area contributed by atoms with Crippen molar-refractivity contribution in [3.05, 3.63) is 35.4 Å². The Morgan fingerprint density at radius 3 is 2.61 bits per heavy atom. The van der Waals surface area contributed by atoms with Gasteiger partial charge in [-0.3, -0.25) is 4.79 Å². The molecule has 1 N–H and O–H groups in total. The molecule has 0 aliphatic heterocycles. The van der Waals surface area contributed by atoms with Gasteiger partial charge in [-0.05, 0) is 35.5 Å². The summed E-state index contributed by atoms with van der Waals surface area (Å²) < 4.78 is 27.3. The smallest absolute Gasteiger partial charge is 0.254 e. The fourth-order valence-corrected chi connectivity index (χ4v) is 2.08. The zero-order chi connectivity index (χ0) is 13.4. The third kappa shape index (κ3) is 5.29. The normalized spacial score (nSPS) is 10.4. The molecule has 5 heteroatoms. The maximum absolute atomic E-state index is 13.3. The number of carbonyl (C=O) groups excluding carboxylic acids is 1. The van der Waals surface area contributed by atoms with Crippen molar-refractivity contribution in [2.45, 2.75) is 25.7 Å². The van der Waals surface area contributed by atoms with E-state index in [1.807, 2.05) is 0 Å². The summed E-state index contributed by atoms with van der Waals surface area (Å²) in [7, 11) is 0.